The van der Waals surface area contributed by atoms with Crippen molar-refractivity contribution in [2.45, 2.75) is 6.42 Å². The molecule has 0 aromatic heterocycles. The summed E-state index contributed by atoms with van der Waals surface area (Å²) in [5, 5.41) is 4.90. The van der Waals surface area contributed by atoms with Gasteiger partial charge in [-0.25, -0.2) is 4.39 Å². The van der Waals surface area contributed by atoms with Gasteiger partial charge in [0.15, 0.2) is 0 Å². The molecule has 5 heteroatoms. The van der Waals surface area contributed by atoms with E-state index in [1.54, 1.807) is 6.07 Å². The number of nitrogens with zero attached hydrogens (tertiary/aromatic N) is 2. The van der Waals surface area contributed by atoms with Gasteiger partial charge in [-0.05, 0) is 18.2 Å². The number of carbonyl (C=O) groups excluding carboxylic acids is 1. The van der Waals surface area contributed by atoms with Crippen LogP contribution >= 0.6 is 0 Å². The molecule has 2 rings (SSSR count). The minimum atomic E-state index is -0.407. The van der Waals surface area contributed by atoms with Gasteiger partial charge in [0.25, 0.3) is 5.91 Å². The topological polar surface area (TPSA) is 58.7 Å². The summed E-state index contributed by atoms with van der Waals surface area (Å²) in [5.74, 6) is -0.400. The van der Waals surface area contributed by atoms with Gasteiger partial charge >= 0.3 is 0 Å². The first-order valence-corrected chi connectivity index (χ1v) is 4.08. The summed E-state index contributed by atoms with van der Waals surface area (Å²) in [6.07, 6.45) is 0.0938. The molecule has 1 heterocycles. The Bertz CT molecular complexity index is 416. The Morgan fingerprint density at radius 2 is 2.29 bits per heavy atom. The minimum absolute atomic E-state index is 0.0938. The SMILES string of the molecule is NC1=NN(c2cccc(F)c2)C(=O)C1. The summed E-state index contributed by atoms with van der Waals surface area (Å²) in [4.78, 5) is 11.3. The van der Waals surface area contributed by atoms with E-state index < -0.39 is 5.82 Å². The van der Waals surface area contributed by atoms with Gasteiger partial charge in [-0.3, -0.25) is 4.79 Å². The fourth-order valence-corrected chi connectivity index (χ4v) is 1.26. The van der Waals surface area contributed by atoms with E-state index in [1.165, 1.54) is 18.2 Å². The molecule has 2 N–H and O–H groups in total. The Kier molecular flexibility index (Phi) is 1.92. The lowest BCUT2D eigenvalue weighted by atomic mass is 10.3. The summed E-state index contributed by atoms with van der Waals surface area (Å²) in [7, 11) is 0. The van der Waals surface area contributed by atoms with Crippen LogP contribution in [0.2, 0.25) is 0 Å². The number of rotatable bonds is 1. The van der Waals surface area contributed by atoms with Gasteiger partial charge < -0.3 is 5.73 Å². The zero-order valence-electron chi connectivity index (χ0n) is 7.27. The lowest BCUT2D eigenvalue weighted by Crippen LogP contribution is -2.19. The van der Waals surface area contributed by atoms with Crippen LogP contribution in [0, 0.1) is 5.82 Å². The van der Waals surface area contributed by atoms with E-state index in [0.717, 1.165) is 5.01 Å². The van der Waals surface area contributed by atoms with E-state index >= 15 is 0 Å². The maximum absolute atomic E-state index is 12.8. The molecule has 0 unspecified atom stereocenters. The highest BCUT2D eigenvalue weighted by molar-refractivity contribution is 6.11. The van der Waals surface area contributed by atoms with Crippen molar-refractivity contribution < 1.29 is 9.18 Å². The maximum atomic E-state index is 12.8. The van der Waals surface area contributed by atoms with Gasteiger partial charge in [0.05, 0.1) is 12.1 Å². The van der Waals surface area contributed by atoms with Crippen LogP contribution in [0.5, 0.6) is 0 Å². The van der Waals surface area contributed by atoms with E-state index in [0.29, 0.717) is 5.69 Å². The molecule has 1 amide bonds. The van der Waals surface area contributed by atoms with Gasteiger partial charge in [-0.2, -0.15) is 10.1 Å². The maximum Gasteiger partial charge on any atom is 0.255 e. The summed E-state index contributed by atoms with van der Waals surface area (Å²) in [5.41, 5.74) is 5.78. The molecule has 0 radical (unpaired) electrons. The molecule has 14 heavy (non-hydrogen) atoms. The summed E-state index contributed by atoms with van der Waals surface area (Å²) >= 11 is 0. The van der Waals surface area contributed by atoms with Crippen molar-refractivity contribution in [2.24, 2.45) is 10.8 Å². The Hall–Kier alpha value is -1.91. The second-order valence-corrected chi connectivity index (χ2v) is 2.95. The number of anilines is 1. The minimum Gasteiger partial charge on any atom is -0.385 e. The fourth-order valence-electron chi connectivity index (χ4n) is 1.26. The monoisotopic (exact) mass is 193 g/mol. The van der Waals surface area contributed by atoms with Crippen LogP contribution in [0.3, 0.4) is 0 Å². The Morgan fingerprint density at radius 1 is 1.50 bits per heavy atom. The van der Waals surface area contributed by atoms with Crippen molar-refractivity contribution in [3.8, 4) is 0 Å². The molecule has 0 aliphatic carbocycles. The molecule has 0 saturated carbocycles. The molecule has 1 aliphatic rings. The lowest BCUT2D eigenvalue weighted by molar-refractivity contribution is -0.116. The van der Waals surface area contributed by atoms with Crippen molar-refractivity contribution in [1.29, 1.82) is 0 Å². The predicted octanol–water partition coefficient (Wildman–Crippen LogP) is 0.835. The van der Waals surface area contributed by atoms with Gasteiger partial charge in [0, 0.05) is 0 Å². The normalized spacial score (nSPS) is 15.9. The van der Waals surface area contributed by atoms with Gasteiger partial charge in [0.1, 0.15) is 11.7 Å². The van der Waals surface area contributed by atoms with Crippen LogP contribution in [0.25, 0.3) is 0 Å². The number of hydrogen-bond donors (Lipinski definition) is 1. The van der Waals surface area contributed by atoms with Crippen LogP contribution in [0.4, 0.5) is 10.1 Å². The van der Waals surface area contributed by atoms with Crippen LogP contribution < -0.4 is 10.7 Å². The Balaban J connectivity index is 2.36. The number of carbonyl (C=O) groups is 1. The first kappa shape index (κ1) is 8.68. The number of benzene rings is 1. The number of amidine groups is 1. The van der Waals surface area contributed by atoms with Crippen molar-refractivity contribution in [2.75, 3.05) is 5.01 Å². The van der Waals surface area contributed by atoms with Gasteiger partial charge in [0.2, 0.25) is 0 Å². The first-order chi connectivity index (χ1) is 6.66. The van der Waals surface area contributed by atoms with Crippen molar-refractivity contribution in [1.82, 2.24) is 0 Å². The van der Waals surface area contributed by atoms with Crippen LogP contribution in [0.15, 0.2) is 29.4 Å². The van der Waals surface area contributed by atoms with E-state index in [9.17, 15) is 9.18 Å². The summed E-state index contributed by atoms with van der Waals surface area (Å²) in [6, 6.07) is 5.65. The lowest BCUT2D eigenvalue weighted by Gasteiger charge is -2.10. The fraction of sp³-hybridized carbons (Fsp3) is 0.111. The number of hydrogen-bond acceptors (Lipinski definition) is 3. The predicted molar refractivity (Wildman–Crippen MR) is 50.1 cm³/mol. The van der Waals surface area contributed by atoms with Crippen LogP contribution in [-0.2, 0) is 4.79 Å². The molecular formula is C9H8FN3O. The number of amides is 1. The number of nitrogens with two attached hydrogens (primary N) is 1. The van der Waals surface area contributed by atoms with Crippen LogP contribution in [0.1, 0.15) is 6.42 Å². The molecule has 1 aromatic carbocycles. The van der Waals surface area contributed by atoms with Crippen molar-refractivity contribution in [3.05, 3.63) is 30.1 Å². The van der Waals surface area contributed by atoms with Crippen molar-refractivity contribution in [3.63, 3.8) is 0 Å². The highest BCUT2D eigenvalue weighted by atomic mass is 19.1. The Labute approximate surface area is 79.8 Å². The molecule has 0 saturated heterocycles. The second kappa shape index (κ2) is 3.10. The summed E-state index contributed by atoms with van der Waals surface area (Å²) < 4.78 is 12.8. The third-order valence-corrected chi connectivity index (χ3v) is 1.85. The largest absolute Gasteiger partial charge is 0.385 e. The van der Waals surface area contributed by atoms with E-state index in [2.05, 4.69) is 5.10 Å². The highest BCUT2D eigenvalue weighted by Crippen LogP contribution is 2.19. The molecule has 0 atom stereocenters. The average molecular weight is 193 g/mol. The highest BCUT2D eigenvalue weighted by Gasteiger charge is 2.23. The zero-order valence-corrected chi connectivity index (χ0v) is 7.27. The van der Waals surface area contributed by atoms with Gasteiger partial charge in [-0.15, -0.1) is 0 Å². The third-order valence-electron chi connectivity index (χ3n) is 1.85. The average Bonchev–Trinajstić information content (AvgIpc) is 2.45. The molecule has 0 bridgehead atoms. The Morgan fingerprint density at radius 3 is 2.86 bits per heavy atom. The molecule has 0 spiro atoms. The van der Waals surface area contributed by atoms with E-state index in [1.807, 2.05) is 0 Å². The number of halogens is 1. The first-order valence-electron chi connectivity index (χ1n) is 4.08. The molecular weight excluding hydrogens is 185 g/mol. The number of hydrazone groups is 1. The quantitative estimate of drug-likeness (QED) is 0.718. The van der Waals surface area contributed by atoms with Crippen molar-refractivity contribution >= 4 is 17.4 Å². The molecule has 0 fully saturated rings. The third kappa shape index (κ3) is 1.44. The molecule has 1 aliphatic heterocycles. The molecule has 4 nitrogen and oxygen atoms in total. The van der Waals surface area contributed by atoms with Crippen LogP contribution in [-0.4, -0.2) is 11.7 Å². The molecule has 72 valence electrons. The second-order valence-electron chi connectivity index (χ2n) is 2.95. The zero-order chi connectivity index (χ0) is 10.1. The molecule has 1 aromatic rings. The standard InChI is InChI=1S/C9H8FN3O/c10-6-2-1-3-7(4-6)13-9(14)5-8(11)12-13/h1-4H,5H2,(H2,11,12). The summed E-state index contributed by atoms with van der Waals surface area (Å²) in [6.45, 7) is 0. The smallest absolute Gasteiger partial charge is 0.255 e. The van der Waals surface area contributed by atoms with E-state index in [4.69, 9.17) is 5.73 Å². The van der Waals surface area contributed by atoms with Gasteiger partial charge in [-0.1, -0.05) is 6.07 Å². The van der Waals surface area contributed by atoms with E-state index in [-0.39, 0.29) is 18.2 Å².